The summed E-state index contributed by atoms with van der Waals surface area (Å²) in [6.45, 7) is 0.279. The molecular formula is C20H25NO2. The topological polar surface area (TPSA) is 40.5 Å². The minimum Gasteiger partial charge on any atom is -0.396 e. The SMILES string of the molecule is CN(C(=O)Cc1ccc2ccccc2c1)C1CCC(CO)CC1. The number of hydrogen-bond donors (Lipinski definition) is 1. The van der Waals surface area contributed by atoms with Gasteiger partial charge >= 0.3 is 0 Å². The summed E-state index contributed by atoms with van der Waals surface area (Å²) in [4.78, 5) is 14.5. The quantitative estimate of drug-likeness (QED) is 0.940. The first kappa shape index (κ1) is 16.0. The van der Waals surface area contributed by atoms with Crippen LogP contribution in [0.3, 0.4) is 0 Å². The number of aliphatic hydroxyl groups is 1. The van der Waals surface area contributed by atoms with Crippen LogP contribution in [0.2, 0.25) is 0 Å². The number of likely N-dealkylation sites (N-methyl/N-ethyl adjacent to an activating group) is 1. The first-order chi connectivity index (χ1) is 11.2. The summed E-state index contributed by atoms with van der Waals surface area (Å²) in [5.74, 6) is 0.614. The van der Waals surface area contributed by atoms with Gasteiger partial charge in [0.05, 0.1) is 6.42 Å². The number of amides is 1. The monoisotopic (exact) mass is 311 g/mol. The molecule has 1 fully saturated rings. The highest BCUT2D eigenvalue weighted by Gasteiger charge is 2.26. The number of aliphatic hydroxyl groups excluding tert-OH is 1. The average molecular weight is 311 g/mol. The van der Waals surface area contributed by atoms with E-state index in [0.29, 0.717) is 18.4 Å². The van der Waals surface area contributed by atoms with Crippen molar-refractivity contribution in [3.63, 3.8) is 0 Å². The second-order valence-corrected chi connectivity index (χ2v) is 6.72. The summed E-state index contributed by atoms with van der Waals surface area (Å²) in [5.41, 5.74) is 1.07. The van der Waals surface area contributed by atoms with Gasteiger partial charge < -0.3 is 10.0 Å². The summed E-state index contributed by atoms with van der Waals surface area (Å²) in [6.07, 6.45) is 4.52. The second kappa shape index (κ2) is 7.14. The predicted octanol–water partition coefficient (Wildman–Crippen LogP) is 3.39. The summed E-state index contributed by atoms with van der Waals surface area (Å²) < 4.78 is 0. The molecule has 0 saturated heterocycles. The standard InChI is InChI=1S/C20H25NO2/c1-21(19-10-7-15(14-22)8-11-19)20(23)13-16-6-9-17-4-2-3-5-18(17)12-16/h2-6,9,12,15,19,22H,7-8,10-11,13-14H2,1H3. The number of nitrogens with zero attached hydrogens (tertiary/aromatic N) is 1. The van der Waals surface area contributed by atoms with Crippen molar-refractivity contribution in [2.24, 2.45) is 5.92 Å². The molecule has 1 aliphatic carbocycles. The number of rotatable bonds is 4. The lowest BCUT2D eigenvalue weighted by atomic mass is 9.86. The van der Waals surface area contributed by atoms with Crippen LogP contribution in [0.5, 0.6) is 0 Å². The zero-order valence-electron chi connectivity index (χ0n) is 13.7. The van der Waals surface area contributed by atoms with E-state index in [1.165, 1.54) is 10.8 Å². The minimum atomic E-state index is 0.188. The van der Waals surface area contributed by atoms with Crippen LogP contribution in [0.4, 0.5) is 0 Å². The van der Waals surface area contributed by atoms with Gasteiger partial charge in [0, 0.05) is 19.7 Å². The number of carbonyl (C=O) groups excluding carboxylic acids is 1. The molecule has 1 amide bonds. The third-order valence-electron chi connectivity index (χ3n) is 5.18. The van der Waals surface area contributed by atoms with Gasteiger partial charge in [0.1, 0.15) is 0 Å². The van der Waals surface area contributed by atoms with Crippen LogP contribution in [0.25, 0.3) is 10.8 Å². The largest absolute Gasteiger partial charge is 0.396 e. The zero-order chi connectivity index (χ0) is 16.2. The maximum atomic E-state index is 12.6. The lowest BCUT2D eigenvalue weighted by Crippen LogP contribution is -2.40. The predicted molar refractivity (Wildman–Crippen MR) is 93.3 cm³/mol. The van der Waals surface area contributed by atoms with E-state index in [4.69, 9.17) is 0 Å². The van der Waals surface area contributed by atoms with E-state index >= 15 is 0 Å². The van der Waals surface area contributed by atoms with Gasteiger partial charge in [-0.3, -0.25) is 4.79 Å². The van der Waals surface area contributed by atoms with Gasteiger partial charge in [-0.05, 0) is 47.9 Å². The molecule has 3 heteroatoms. The van der Waals surface area contributed by atoms with Crippen molar-refractivity contribution in [2.45, 2.75) is 38.1 Å². The molecule has 0 bridgehead atoms. The van der Waals surface area contributed by atoms with Gasteiger partial charge in [0.15, 0.2) is 0 Å². The Kier molecular flexibility index (Phi) is 4.97. The van der Waals surface area contributed by atoms with Crippen LogP contribution < -0.4 is 0 Å². The Morgan fingerprint density at radius 2 is 1.78 bits per heavy atom. The van der Waals surface area contributed by atoms with Crippen LogP contribution in [-0.4, -0.2) is 35.6 Å². The van der Waals surface area contributed by atoms with E-state index in [-0.39, 0.29) is 12.5 Å². The van der Waals surface area contributed by atoms with Crippen LogP contribution in [0, 0.1) is 5.92 Å². The van der Waals surface area contributed by atoms with Crippen molar-refractivity contribution >= 4 is 16.7 Å². The molecule has 0 radical (unpaired) electrons. The molecule has 1 N–H and O–H groups in total. The molecule has 0 atom stereocenters. The molecule has 1 aliphatic rings. The van der Waals surface area contributed by atoms with Crippen molar-refractivity contribution in [3.05, 3.63) is 48.0 Å². The van der Waals surface area contributed by atoms with Crippen molar-refractivity contribution in [2.75, 3.05) is 13.7 Å². The Bertz CT molecular complexity index is 674. The maximum Gasteiger partial charge on any atom is 0.226 e. The summed E-state index contributed by atoms with van der Waals surface area (Å²) in [7, 11) is 1.92. The fourth-order valence-corrected chi connectivity index (χ4v) is 3.57. The summed E-state index contributed by atoms with van der Waals surface area (Å²) in [5, 5.41) is 11.6. The van der Waals surface area contributed by atoms with Gasteiger partial charge in [-0.1, -0.05) is 42.5 Å². The van der Waals surface area contributed by atoms with Crippen LogP contribution in [0.1, 0.15) is 31.2 Å². The highest BCUT2D eigenvalue weighted by Crippen LogP contribution is 2.27. The Balaban J connectivity index is 1.63. The lowest BCUT2D eigenvalue weighted by Gasteiger charge is -2.34. The third-order valence-corrected chi connectivity index (χ3v) is 5.18. The number of fused-ring (bicyclic) bond motifs is 1. The fraction of sp³-hybridized carbons (Fsp3) is 0.450. The van der Waals surface area contributed by atoms with Gasteiger partial charge in [-0.2, -0.15) is 0 Å². The van der Waals surface area contributed by atoms with E-state index in [0.717, 1.165) is 31.2 Å². The molecule has 23 heavy (non-hydrogen) atoms. The van der Waals surface area contributed by atoms with Crippen molar-refractivity contribution in [3.8, 4) is 0 Å². The number of benzene rings is 2. The van der Waals surface area contributed by atoms with Crippen LogP contribution in [0.15, 0.2) is 42.5 Å². The molecule has 1 saturated carbocycles. The van der Waals surface area contributed by atoms with E-state index in [1.807, 2.05) is 24.1 Å². The third kappa shape index (κ3) is 3.73. The van der Waals surface area contributed by atoms with Gasteiger partial charge in [-0.15, -0.1) is 0 Å². The maximum absolute atomic E-state index is 12.6. The van der Waals surface area contributed by atoms with E-state index in [9.17, 15) is 9.90 Å². The van der Waals surface area contributed by atoms with E-state index in [2.05, 4.69) is 30.3 Å². The fourth-order valence-electron chi connectivity index (χ4n) is 3.57. The Morgan fingerprint density at radius 1 is 1.09 bits per heavy atom. The molecule has 0 heterocycles. The molecule has 3 rings (SSSR count). The Hall–Kier alpha value is -1.87. The van der Waals surface area contributed by atoms with Crippen LogP contribution in [-0.2, 0) is 11.2 Å². The first-order valence-electron chi connectivity index (χ1n) is 8.51. The average Bonchev–Trinajstić information content (AvgIpc) is 2.61. The lowest BCUT2D eigenvalue weighted by molar-refractivity contribution is -0.132. The molecule has 0 aliphatic heterocycles. The van der Waals surface area contributed by atoms with Crippen molar-refractivity contribution in [1.29, 1.82) is 0 Å². The van der Waals surface area contributed by atoms with E-state index in [1.54, 1.807) is 0 Å². The smallest absolute Gasteiger partial charge is 0.226 e. The highest BCUT2D eigenvalue weighted by molar-refractivity contribution is 5.85. The first-order valence-corrected chi connectivity index (χ1v) is 8.51. The Morgan fingerprint density at radius 3 is 2.48 bits per heavy atom. The molecule has 0 unspecified atom stereocenters. The summed E-state index contributed by atoms with van der Waals surface area (Å²) >= 11 is 0. The van der Waals surface area contributed by atoms with Crippen molar-refractivity contribution < 1.29 is 9.90 Å². The van der Waals surface area contributed by atoms with Crippen molar-refractivity contribution in [1.82, 2.24) is 4.90 Å². The van der Waals surface area contributed by atoms with Gasteiger partial charge in [-0.25, -0.2) is 0 Å². The van der Waals surface area contributed by atoms with Gasteiger partial charge in [0.2, 0.25) is 5.91 Å². The van der Waals surface area contributed by atoms with Gasteiger partial charge in [0.25, 0.3) is 0 Å². The second-order valence-electron chi connectivity index (χ2n) is 6.72. The molecular weight excluding hydrogens is 286 g/mol. The molecule has 0 aromatic heterocycles. The molecule has 0 spiro atoms. The van der Waals surface area contributed by atoms with Crippen LogP contribution >= 0.6 is 0 Å². The molecule has 2 aromatic rings. The summed E-state index contributed by atoms with van der Waals surface area (Å²) in [6, 6.07) is 14.8. The highest BCUT2D eigenvalue weighted by atomic mass is 16.3. The normalized spacial score (nSPS) is 21.3. The van der Waals surface area contributed by atoms with E-state index < -0.39 is 0 Å². The number of hydrogen-bond acceptors (Lipinski definition) is 2. The molecule has 122 valence electrons. The Labute approximate surface area is 137 Å². The number of carbonyl (C=O) groups is 1. The molecule has 2 aromatic carbocycles. The molecule has 3 nitrogen and oxygen atoms in total. The minimum absolute atomic E-state index is 0.188. The zero-order valence-corrected chi connectivity index (χ0v) is 13.7.